The summed E-state index contributed by atoms with van der Waals surface area (Å²) in [6.45, 7) is 1.34. The zero-order chi connectivity index (χ0) is 20.6. The molecular formula is C18H18FN5O3S2. The standard InChI is InChI=1S/C18H18FN5O3S2/c1-18(11-4-5-11)14(26)24(16(27)21-18)8-13(25)20-15-22-23-17(29-15)28-9-10-2-6-12(19)7-3-10/h2-3,6-7,11H,4-5,8-9H2,1H3,(H,21,27)(H,20,22,25)/t18-/m0/s1. The smallest absolute Gasteiger partial charge is 0.323 e. The van der Waals surface area contributed by atoms with Crippen LogP contribution in [-0.4, -0.2) is 45.0 Å². The van der Waals surface area contributed by atoms with Crippen molar-refractivity contribution in [1.29, 1.82) is 0 Å². The van der Waals surface area contributed by atoms with Crippen molar-refractivity contribution in [1.82, 2.24) is 20.4 Å². The van der Waals surface area contributed by atoms with Gasteiger partial charge in [0.2, 0.25) is 11.0 Å². The van der Waals surface area contributed by atoms with E-state index in [-0.39, 0.29) is 29.3 Å². The highest BCUT2D eigenvalue weighted by Gasteiger charge is 2.56. The summed E-state index contributed by atoms with van der Waals surface area (Å²) in [6.07, 6.45) is 1.79. The zero-order valence-corrected chi connectivity index (χ0v) is 17.1. The van der Waals surface area contributed by atoms with E-state index in [1.807, 2.05) is 0 Å². The fourth-order valence-corrected chi connectivity index (χ4v) is 4.87. The Morgan fingerprint density at radius 3 is 2.76 bits per heavy atom. The molecule has 1 saturated heterocycles. The minimum Gasteiger partial charge on any atom is -0.323 e. The van der Waals surface area contributed by atoms with Crippen LogP contribution in [0.4, 0.5) is 14.3 Å². The van der Waals surface area contributed by atoms with E-state index in [2.05, 4.69) is 20.8 Å². The lowest BCUT2D eigenvalue weighted by molar-refractivity contribution is -0.134. The van der Waals surface area contributed by atoms with E-state index in [0.717, 1.165) is 23.3 Å². The van der Waals surface area contributed by atoms with Crippen LogP contribution in [-0.2, 0) is 15.3 Å². The molecular weight excluding hydrogens is 417 g/mol. The van der Waals surface area contributed by atoms with Crippen molar-refractivity contribution in [3.63, 3.8) is 0 Å². The number of aromatic nitrogens is 2. The van der Waals surface area contributed by atoms with Gasteiger partial charge in [-0.05, 0) is 43.4 Å². The SMILES string of the molecule is C[C@@]1(C2CC2)NC(=O)N(CC(=O)Nc2nnc(SCc3ccc(F)cc3)s2)C1=O. The highest BCUT2D eigenvalue weighted by atomic mass is 32.2. The first-order valence-electron chi connectivity index (χ1n) is 9.00. The average molecular weight is 436 g/mol. The molecule has 4 rings (SSSR count). The van der Waals surface area contributed by atoms with Crippen LogP contribution in [0.1, 0.15) is 25.3 Å². The fourth-order valence-electron chi connectivity index (χ4n) is 3.14. The summed E-state index contributed by atoms with van der Waals surface area (Å²) in [5, 5.41) is 13.5. The number of nitrogens with one attached hydrogen (secondary N) is 2. The predicted octanol–water partition coefficient (Wildman–Crippen LogP) is 2.63. The number of benzene rings is 1. The van der Waals surface area contributed by atoms with Gasteiger partial charge in [0.05, 0.1) is 0 Å². The van der Waals surface area contributed by atoms with Gasteiger partial charge in [-0.25, -0.2) is 9.18 Å². The number of carbonyl (C=O) groups excluding carboxylic acids is 3. The Balaban J connectivity index is 1.30. The van der Waals surface area contributed by atoms with Crippen LogP contribution in [0.15, 0.2) is 28.6 Å². The first-order valence-corrected chi connectivity index (χ1v) is 10.8. The molecule has 2 heterocycles. The van der Waals surface area contributed by atoms with Crippen molar-refractivity contribution in [2.24, 2.45) is 5.92 Å². The first-order chi connectivity index (χ1) is 13.8. The molecule has 1 aromatic heterocycles. The Hall–Kier alpha value is -2.53. The molecule has 11 heteroatoms. The normalized spacial score (nSPS) is 21.4. The summed E-state index contributed by atoms with van der Waals surface area (Å²) in [5.74, 6) is -0.448. The largest absolute Gasteiger partial charge is 0.325 e. The minimum atomic E-state index is -0.912. The molecule has 0 unspecified atom stereocenters. The van der Waals surface area contributed by atoms with Crippen molar-refractivity contribution >= 4 is 46.1 Å². The van der Waals surface area contributed by atoms with E-state index in [1.165, 1.54) is 35.2 Å². The Kier molecular flexibility index (Phi) is 5.26. The number of urea groups is 1. The summed E-state index contributed by atoms with van der Waals surface area (Å²) in [5.41, 5.74) is 0.0269. The second-order valence-corrected chi connectivity index (χ2v) is 9.33. The van der Waals surface area contributed by atoms with Crippen LogP contribution in [0.3, 0.4) is 0 Å². The number of imide groups is 1. The lowest BCUT2D eigenvalue weighted by atomic mass is 9.96. The van der Waals surface area contributed by atoms with Crippen molar-refractivity contribution in [2.75, 3.05) is 11.9 Å². The number of nitrogens with zero attached hydrogens (tertiary/aromatic N) is 3. The van der Waals surface area contributed by atoms with Gasteiger partial charge in [0.1, 0.15) is 17.9 Å². The third-order valence-corrected chi connectivity index (χ3v) is 6.97. The zero-order valence-electron chi connectivity index (χ0n) is 15.5. The van der Waals surface area contributed by atoms with Crippen LogP contribution in [0.2, 0.25) is 0 Å². The molecule has 2 aliphatic rings. The number of anilines is 1. The van der Waals surface area contributed by atoms with Crippen LogP contribution >= 0.6 is 23.1 Å². The number of carbonyl (C=O) groups is 3. The molecule has 0 bridgehead atoms. The maximum absolute atomic E-state index is 12.9. The molecule has 0 radical (unpaired) electrons. The van der Waals surface area contributed by atoms with Gasteiger partial charge < -0.3 is 5.32 Å². The van der Waals surface area contributed by atoms with Crippen molar-refractivity contribution in [3.05, 3.63) is 35.6 Å². The van der Waals surface area contributed by atoms with Gasteiger partial charge in [0.15, 0.2) is 4.34 Å². The second kappa shape index (κ2) is 7.71. The molecule has 29 heavy (non-hydrogen) atoms. The summed E-state index contributed by atoms with van der Waals surface area (Å²) >= 11 is 2.60. The Morgan fingerprint density at radius 1 is 1.34 bits per heavy atom. The molecule has 0 spiro atoms. The van der Waals surface area contributed by atoms with Gasteiger partial charge in [-0.1, -0.05) is 35.2 Å². The Labute approximate surface area is 174 Å². The summed E-state index contributed by atoms with van der Waals surface area (Å²) in [7, 11) is 0. The van der Waals surface area contributed by atoms with Crippen molar-refractivity contribution < 1.29 is 18.8 Å². The summed E-state index contributed by atoms with van der Waals surface area (Å²) in [6, 6.07) is 5.63. The molecule has 1 aromatic carbocycles. The maximum atomic E-state index is 12.9. The first kappa shape index (κ1) is 19.8. The number of hydrogen-bond donors (Lipinski definition) is 2. The highest BCUT2D eigenvalue weighted by molar-refractivity contribution is 8.00. The van der Waals surface area contributed by atoms with E-state index in [4.69, 9.17) is 0 Å². The van der Waals surface area contributed by atoms with Crippen molar-refractivity contribution in [2.45, 2.75) is 35.4 Å². The van der Waals surface area contributed by atoms with E-state index in [0.29, 0.717) is 10.1 Å². The quantitative estimate of drug-likeness (QED) is 0.394. The average Bonchev–Trinajstić information content (AvgIpc) is 3.42. The number of rotatable bonds is 7. The molecule has 1 aliphatic carbocycles. The minimum absolute atomic E-state index is 0.135. The lowest BCUT2D eigenvalue weighted by Gasteiger charge is -2.20. The maximum Gasteiger partial charge on any atom is 0.325 e. The molecule has 1 saturated carbocycles. The van der Waals surface area contributed by atoms with Gasteiger partial charge in [-0.2, -0.15) is 0 Å². The molecule has 2 N–H and O–H groups in total. The van der Waals surface area contributed by atoms with Gasteiger partial charge in [0.25, 0.3) is 5.91 Å². The van der Waals surface area contributed by atoms with Gasteiger partial charge in [-0.3, -0.25) is 19.8 Å². The molecule has 152 valence electrons. The molecule has 1 aliphatic heterocycles. The molecule has 2 fully saturated rings. The molecule has 1 atom stereocenters. The van der Waals surface area contributed by atoms with Crippen LogP contribution in [0.25, 0.3) is 0 Å². The van der Waals surface area contributed by atoms with Crippen LogP contribution < -0.4 is 10.6 Å². The van der Waals surface area contributed by atoms with Crippen LogP contribution in [0, 0.1) is 11.7 Å². The second-order valence-electron chi connectivity index (χ2n) is 7.13. The monoisotopic (exact) mass is 435 g/mol. The predicted molar refractivity (Wildman–Crippen MR) is 106 cm³/mol. The highest BCUT2D eigenvalue weighted by Crippen LogP contribution is 2.42. The summed E-state index contributed by atoms with van der Waals surface area (Å²) in [4.78, 5) is 37.9. The summed E-state index contributed by atoms with van der Waals surface area (Å²) < 4.78 is 13.6. The number of hydrogen-bond acceptors (Lipinski definition) is 7. The van der Waals surface area contributed by atoms with Gasteiger partial charge in [-0.15, -0.1) is 10.2 Å². The third kappa shape index (κ3) is 4.25. The molecule has 8 nitrogen and oxygen atoms in total. The topological polar surface area (TPSA) is 104 Å². The Bertz CT molecular complexity index is 963. The van der Waals surface area contributed by atoms with E-state index in [1.54, 1.807) is 19.1 Å². The van der Waals surface area contributed by atoms with Gasteiger partial charge >= 0.3 is 6.03 Å². The van der Waals surface area contributed by atoms with E-state index >= 15 is 0 Å². The molecule has 2 aromatic rings. The lowest BCUT2D eigenvalue weighted by Crippen LogP contribution is -2.46. The fraction of sp³-hybridized carbons (Fsp3) is 0.389. The van der Waals surface area contributed by atoms with Crippen LogP contribution in [0.5, 0.6) is 0 Å². The number of thioether (sulfide) groups is 1. The Morgan fingerprint density at radius 2 is 2.07 bits per heavy atom. The molecule has 4 amide bonds. The van der Waals surface area contributed by atoms with Crippen molar-refractivity contribution in [3.8, 4) is 0 Å². The number of halogens is 1. The van der Waals surface area contributed by atoms with E-state index in [9.17, 15) is 18.8 Å². The third-order valence-electron chi connectivity index (χ3n) is 4.93. The number of amides is 4. The van der Waals surface area contributed by atoms with Gasteiger partial charge in [0, 0.05) is 5.75 Å². The van der Waals surface area contributed by atoms with E-state index < -0.39 is 17.5 Å².